The van der Waals surface area contributed by atoms with Gasteiger partial charge in [-0.15, -0.1) is 0 Å². The molecule has 0 saturated carbocycles. The second-order valence-corrected chi connectivity index (χ2v) is 6.29. The van der Waals surface area contributed by atoms with Gasteiger partial charge in [0, 0.05) is 19.2 Å². The van der Waals surface area contributed by atoms with Crippen LogP contribution in [0.2, 0.25) is 0 Å². The molecule has 2 rings (SSSR count). The van der Waals surface area contributed by atoms with Gasteiger partial charge < -0.3 is 0 Å². The monoisotopic (exact) mass is 284 g/mol. The molecule has 0 bridgehead atoms. The zero-order chi connectivity index (χ0) is 14.0. The summed E-state index contributed by atoms with van der Waals surface area (Å²) in [5, 5.41) is 1.09. The maximum Gasteiger partial charge on any atom is 0.277 e. The highest BCUT2D eigenvalue weighted by molar-refractivity contribution is 7.93. The standard InChI is InChI=1S/C12H16N2O4S/c1-13(18-2)12(15)10-5-3-6-11(9-10)14-7-4-8-19(14,16)17/h3,5-6,9H,4,7-8H2,1-2H3. The fourth-order valence-corrected chi connectivity index (χ4v) is 3.54. The molecule has 1 aromatic rings. The number of hydroxylamine groups is 2. The molecular weight excluding hydrogens is 268 g/mol. The normalized spacial score (nSPS) is 17.5. The Labute approximate surface area is 112 Å². The van der Waals surface area contributed by atoms with Crippen LogP contribution in [0.4, 0.5) is 5.69 Å². The van der Waals surface area contributed by atoms with E-state index in [9.17, 15) is 13.2 Å². The SMILES string of the molecule is CON(C)C(=O)c1cccc(N2CCCS2(=O)=O)c1. The van der Waals surface area contributed by atoms with E-state index < -0.39 is 10.0 Å². The molecule has 1 fully saturated rings. The predicted molar refractivity (Wildman–Crippen MR) is 71.3 cm³/mol. The first kappa shape index (κ1) is 13.8. The summed E-state index contributed by atoms with van der Waals surface area (Å²) >= 11 is 0. The van der Waals surface area contributed by atoms with Crippen molar-refractivity contribution in [3.63, 3.8) is 0 Å². The number of carbonyl (C=O) groups is 1. The molecule has 1 aliphatic heterocycles. The van der Waals surface area contributed by atoms with Gasteiger partial charge in [0.1, 0.15) is 0 Å². The summed E-state index contributed by atoms with van der Waals surface area (Å²) in [7, 11) is -0.334. The minimum absolute atomic E-state index is 0.156. The van der Waals surface area contributed by atoms with Gasteiger partial charge in [0.05, 0.1) is 18.6 Å². The lowest BCUT2D eigenvalue weighted by atomic mass is 10.2. The van der Waals surface area contributed by atoms with Crippen molar-refractivity contribution in [2.45, 2.75) is 6.42 Å². The van der Waals surface area contributed by atoms with Crippen LogP contribution in [0.5, 0.6) is 0 Å². The van der Waals surface area contributed by atoms with Crippen LogP contribution in [0, 0.1) is 0 Å². The van der Waals surface area contributed by atoms with E-state index >= 15 is 0 Å². The Bertz CT molecular complexity index is 585. The molecule has 0 N–H and O–H groups in total. The van der Waals surface area contributed by atoms with Crippen molar-refractivity contribution >= 4 is 21.6 Å². The maximum atomic E-state index is 11.9. The van der Waals surface area contributed by atoms with Crippen LogP contribution in [0.3, 0.4) is 0 Å². The second-order valence-electron chi connectivity index (χ2n) is 4.28. The fraction of sp³-hybridized carbons (Fsp3) is 0.417. The Morgan fingerprint density at radius 2 is 2.16 bits per heavy atom. The highest BCUT2D eigenvalue weighted by Gasteiger charge is 2.28. The second kappa shape index (κ2) is 5.18. The van der Waals surface area contributed by atoms with Crippen LogP contribution >= 0.6 is 0 Å². The molecule has 0 atom stereocenters. The van der Waals surface area contributed by atoms with Crippen molar-refractivity contribution in [1.82, 2.24) is 5.06 Å². The predicted octanol–water partition coefficient (Wildman–Crippen LogP) is 0.860. The third kappa shape index (κ3) is 2.71. The first-order valence-electron chi connectivity index (χ1n) is 5.88. The highest BCUT2D eigenvalue weighted by Crippen LogP contribution is 2.25. The summed E-state index contributed by atoms with van der Waals surface area (Å²) in [4.78, 5) is 16.8. The van der Waals surface area contributed by atoms with Gasteiger partial charge in [0.15, 0.2) is 0 Å². The minimum atomic E-state index is -3.23. The van der Waals surface area contributed by atoms with E-state index in [2.05, 4.69) is 0 Å². The Balaban J connectivity index is 2.32. The van der Waals surface area contributed by atoms with E-state index in [0.29, 0.717) is 24.2 Å². The number of nitrogens with zero attached hydrogens (tertiary/aromatic N) is 2. The third-order valence-corrected chi connectivity index (χ3v) is 4.91. The number of hydrogen-bond donors (Lipinski definition) is 0. The molecule has 0 aliphatic carbocycles. The van der Waals surface area contributed by atoms with Gasteiger partial charge in [0.25, 0.3) is 5.91 Å². The lowest BCUT2D eigenvalue weighted by Gasteiger charge is -2.18. The molecule has 1 aromatic carbocycles. The maximum absolute atomic E-state index is 11.9. The molecule has 1 saturated heterocycles. The Morgan fingerprint density at radius 3 is 2.74 bits per heavy atom. The number of amides is 1. The molecular formula is C12H16N2O4S. The Kier molecular flexibility index (Phi) is 3.77. The third-order valence-electron chi connectivity index (χ3n) is 3.04. The van der Waals surface area contributed by atoms with Crippen molar-refractivity contribution in [1.29, 1.82) is 0 Å². The van der Waals surface area contributed by atoms with Crippen molar-refractivity contribution < 1.29 is 18.0 Å². The number of sulfonamides is 1. The van der Waals surface area contributed by atoms with E-state index in [1.165, 1.54) is 18.5 Å². The number of anilines is 1. The molecule has 0 aromatic heterocycles. The molecule has 7 heteroatoms. The lowest BCUT2D eigenvalue weighted by Crippen LogP contribution is -2.27. The molecule has 0 radical (unpaired) electrons. The molecule has 1 aliphatic rings. The average Bonchev–Trinajstić information content (AvgIpc) is 2.76. The van der Waals surface area contributed by atoms with Gasteiger partial charge in [-0.25, -0.2) is 13.5 Å². The van der Waals surface area contributed by atoms with Crippen molar-refractivity contribution in [3.8, 4) is 0 Å². The number of hydrogen-bond acceptors (Lipinski definition) is 4. The molecule has 104 valence electrons. The number of rotatable bonds is 3. The first-order valence-corrected chi connectivity index (χ1v) is 7.49. The van der Waals surface area contributed by atoms with Gasteiger partial charge >= 0.3 is 0 Å². The van der Waals surface area contributed by atoms with Gasteiger partial charge in [-0.3, -0.25) is 13.9 Å². The topological polar surface area (TPSA) is 66.9 Å². The van der Waals surface area contributed by atoms with E-state index in [0.717, 1.165) is 5.06 Å². The van der Waals surface area contributed by atoms with Crippen LogP contribution in [0.25, 0.3) is 0 Å². The van der Waals surface area contributed by atoms with Crippen LogP contribution in [-0.4, -0.2) is 45.8 Å². The fourth-order valence-electron chi connectivity index (χ4n) is 1.99. The van der Waals surface area contributed by atoms with Crippen molar-refractivity contribution in [2.24, 2.45) is 0 Å². The Hall–Kier alpha value is -1.60. The number of carbonyl (C=O) groups excluding carboxylic acids is 1. The van der Waals surface area contributed by atoms with Crippen molar-refractivity contribution in [3.05, 3.63) is 29.8 Å². The molecule has 19 heavy (non-hydrogen) atoms. The van der Waals surface area contributed by atoms with E-state index in [4.69, 9.17) is 4.84 Å². The van der Waals surface area contributed by atoms with Crippen LogP contribution in [0.1, 0.15) is 16.8 Å². The lowest BCUT2D eigenvalue weighted by molar-refractivity contribution is -0.0756. The molecule has 1 heterocycles. The van der Waals surface area contributed by atoms with E-state index in [1.54, 1.807) is 24.3 Å². The minimum Gasteiger partial charge on any atom is -0.274 e. The van der Waals surface area contributed by atoms with Crippen LogP contribution in [0.15, 0.2) is 24.3 Å². The molecule has 6 nitrogen and oxygen atoms in total. The molecule has 0 spiro atoms. The summed E-state index contributed by atoms with van der Waals surface area (Å²) in [6, 6.07) is 6.55. The quantitative estimate of drug-likeness (QED) is 0.772. The zero-order valence-electron chi connectivity index (χ0n) is 10.9. The molecule has 0 unspecified atom stereocenters. The van der Waals surface area contributed by atoms with Crippen molar-refractivity contribution in [2.75, 3.05) is 30.8 Å². The summed E-state index contributed by atoms with van der Waals surface area (Å²) in [5.41, 5.74) is 0.914. The highest BCUT2D eigenvalue weighted by atomic mass is 32.2. The summed E-state index contributed by atoms with van der Waals surface area (Å²) < 4.78 is 25.0. The average molecular weight is 284 g/mol. The summed E-state index contributed by atoms with van der Waals surface area (Å²) in [6.45, 7) is 0.458. The number of benzene rings is 1. The summed E-state index contributed by atoms with van der Waals surface area (Å²) in [6.07, 6.45) is 0.610. The Morgan fingerprint density at radius 1 is 1.42 bits per heavy atom. The summed E-state index contributed by atoms with van der Waals surface area (Å²) in [5.74, 6) is -0.163. The van der Waals surface area contributed by atoms with Crippen LogP contribution in [-0.2, 0) is 14.9 Å². The smallest absolute Gasteiger partial charge is 0.274 e. The first-order chi connectivity index (χ1) is 8.95. The van der Waals surface area contributed by atoms with E-state index in [1.807, 2.05) is 0 Å². The van der Waals surface area contributed by atoms with Gasteiger partial charge in [-0.1, -0.05) is 6.07 Å². The molecule has 1 amide bonds. The zero-order valence-corrected chi connectivity index (χ0v) is 11.7. The van der Waals surface area contributed by atoms with Gasteiger partial charge in [0.2, 0.25) is 10.0 Å². The van der Waals surface area contributed by atoms with Crippen LogP contribution < -0.4 is 4.31 Å². The van der Waals surface area contributed by atoms with E-state index in [-0.39, 0.29) is 11.7 Å². The van der Waals surface area contributed by atoms with Gasteiger partial charge in [-0.2, -0.15) is 0 Å². The largest absolute Gasteiger partial charge is 0.277 e. The van der Waals surface area contributed by atoms with Gasteiger partial charge in [-0.05, 0) is 24.6 Å².